The van der Waals surface area contributed by atoms with E-state index in [-0.39, 0.29) is 25.3 Å². The number of H-pyrrole nitrogens is 1. The molecule has 0 aromatic carbocycles. The number of hydrogen-bond acceptors (Lipinski definition) is 7. The highest BCUT2D eigenvalue weighted by Crippen LogP contribution is 1.99. The summed E-state index contributed by atoms with van der Waals surface area (Å²) in [6.45, 7) is 1.19. The number of amides is 3. The average Bonchev–Trinajstić information content (AvgIpc) is 3.20. The van der Waals surface area contributed by atoms with Crippen LogP contribution in [-0.4, -0.2) is 75.9 Å². The molecule has 0 saturated carbocycles. The summed E-state index contributed by atoms with van der Waals surface area (Å²) < 4.78 is 0. The number of aromatic nitrogens is 2. The van der Waals surface area contributed by atoms with Gasteiger partial charge >= 0.3 is 5.97 Å². The lowest BCUT2D eigenvalue weighted by Crippen LogP contribution is -2.52. The van der Waals surface area contributed by atoms with Gasteiger partial charge in [0, 0.05) is 24.9 Å². The standard InChI is InChI=1S/C17H29N9O5/c1-9(25-15(29)11(18)5-10-6-21-8-24-10)14(28)23-7-13(27)26-12(16(30)31)3-2-4-22-17(19)20/h6,8-9,11-12H,2-5,7,18H2,1H3,(H,21,24)(H,23,28)(H,25,29)(H,26,27)(H,30,31)(H4,19,20,22). The number of nitrogens with one attached hydrogen (secondary N) is 4. The molecule has 0 aliphatic heterocycles. The zero-order chi connectivity index (χ0) is 23.4. The molecule has 0 fully saturated rings. The van der Waals surface area contributed by atoms with Crippen LogP contribution in [0, 0.1) is 0 Å². The number of aliphatic imine (C=N–C) groups is 1. The predicted molar refractivity (Wildman–Crippen MR) is 110 cm³/mol. The summed E-state index contributed by atoms with van der Waals surface area (Å²) in [5.41, 5.74) is 16.8. The molecule has 1 aromatic heterocycles. The molecule has 0 saturated heterocycles. The molecule has 0 spiro atoms. The number of aromatic amines is 1. The van der Waals surface area contributed by atoms with Gasteiger partial charge in [0.15, 0.2) is 5.96 Å². The van der Waals surface area contributed by atoms with Gasteiger partial charge in [-0.2, -0.15) is 0 Å². The molecule has 11 N–H and O–H groups in total. The lowest BCUT2D eigenvalue weighted by molar-refractivity contribution is -0.142. The van der Waals surface area contributed by atoms with Crippen molar-refractivity contribution in [1.82, 2.24) is 25.9 Å². The number of carboxylic acid groups (broad SMARTS) is 1. The van der Waals surface area contributed by atoms with Gasteiger partial charge in [-0.15, -0.1) is 0 Å². The molecule has 3 atom stereocenters. The highest BCUT2D eigenvalue weighted by molar-refractivity contribution is 5.92. The SMILES string of the molecule is CC(NC(=O)C(N)Cc1cnc[nH]1)C(=O)NCC(=O)NC(CCCN=C(N)N)C(=O)O. The molecule has 1 aromatic rings. The van der Waals surface area contributed by atoms with Crippen molar-refractivity contribution >= 4 is 29.7 Å². The van der Waals surface area contributed by atoms with Gasteiger partial charge in [0.2, 0.25) is 17.7 Å². The van der Waals surface area contributed by atoms with Gasteiger partial charge in [-0.25, -0.2) is 9.78 Å². The summed E-state index contributed by atoms with van der Waals surface area (Å²) >= 11 is 0. The fraction of sp³-hybridized carbons (Fsp3) is 0.529. The molecule has 0 bridgehead atoms. The topological polar surface area (TPSA) is 244 Å². The van der Waals surface area contributed by atoms with Crippen molar-refractivity contribution in [3.05, 3.63) is 18.2 Å². The number of guanidine groups is 1. The fourth-order valence-electron chi connectivity index (χ4n) is 2.44. The Morgan fingerprint density at radius 2 is 1.94 bits per heavy atom. The Morgan fingerprint density at radius 1 is 1.23 bits per heavy atom. The summed E-state index contributed by atoms with van der Waals surface area (Å²) in [6, 6.07) is -3.01. The second kappa shape index (κ2) is 12.8. The molecule has 3 amide bonds. The molecular formula is C17H29N9O5. The van der Waals surface area contributed by atoms with Crippen LogP contribution in [0.5, 0.6) is 0 Å². The van der Waals surface area contributed by atoms with Crippen LogP contribution in [-0.2, 0) is 25.6 Å². The van der Waals surface area contributed by atoms with Crippen LogP contribution in [0.2, 0.25) is 0 Å². The lowest BCUT2D eigenvalue weighted by Gasteiger charge is -2.18. The van der Waals surface area contributed by atoms with Crippen molar-refractivity contribution in [3.63, 3.8) is 0 Å². The molecular weight excluding hydrogens is 410 g/mol. The van der Waals surface area contributed by atoms with Gasteiger partial charge in [-0.05, 0) is 19.8 Å². The number of imidazole rings is 1. The smallest absolute Gasteiger partial charge is 0.326 e. The number of carbonyl (C=O) groups is 4. The molecule has 172 valence electrons. The number of rotatable bonds is 13. The monoisotopic (exact) mass is 439 g/mol. The average molecular weight is 439 g/mol. The minimum atomic E-state index is -1.23. The molecule has 1 heterocycles. The van der Waals surface area contributed by atoms with Crippen LogP contribution in [0.1, 0.15) is 25.5 Å². The second-order valence-corrected chi connectivity index (χ2v) is 6.74. The minimum absolute atomic E-state index is 0.104. The Kier molecular flexibility index (Phi) is 10.5. The number of nitrogens with zero attached hydrogens (tertiary/aromatic N) is 2. The van der Waals surface area contributed by atoms with E-state index in [0.717, 1.165) is 0 Å². The first-order chi connectivity index (χ1) is 14.6. The van der Waals surface area contributed by atoms with E-state index in [2.05, 4.69) is 30.9 Å². The van der Waals surface area contributed by atoms with Gasteiger partial charge in [0.25, 0.3) is 0 Å². The molecule has 3 unspecified atom stereocenters. The molecule has 1 rings (SSSR count). The largest absolute Gasteiger partial charge is 0.480 e. The summed E-state index contributed by atoms with van der Waals surface area (Å²) in [4.78, 5) is 57.8. The van der Waals surface area contributed by atoms with Crippen molar-refractivity contribution in [3.8, 4) is 0 Å². The quantitative estimate of drug-likeness (QED) is 0.0862. The van der Waals surface area contributed by atoms with Crippen LogP contribution in [0.4, 0.5) is 0 Å². The van der Waals surface area contributed by atoms with Crippen molar-refractivity contribution in [1.29, 1.82) is 0 Å². The van der Waals surface area contributed by atoms with Crippen LogP contribution >= 0.6 is 0 Å². The maximum atomic E-state index is 12.1. The van der Waals surface area contributed by atoms with E-state index in [1.54, 1.807) is 0 Å². The van der Waals surface area contributed by atoms with Crippen molar-refractivity contribution in [2.75, 3.05) is 13.1 Å². The lowest BCUT2D eigenvalue weighted by atomic mass is 10.1. The summed E-state index contributed by atoms with van der Waals surface area (Å²) in [5.74, 6) is -3.21. The summed E-state index contributed by atoms with van der Waals surface area (Å²) in [5, 5.41) is 16.3. The van der Waals surface area contributed by atoms with Crippen molar-refractivity contribution in [2.45, 2.75) is 44.3 Å². The van der Waals surface area contributed by atoms with E-state index < -0.39 is 48.4 Å². The van der Waals surface area contributed by atoms with Gasteiger partial charge < -0.3 is 43.2 Å². The predicted octanol–water partition coefficient (Wildman–Crippen LogP) is -3.48. The highest BCUT2D eigenvalue weighted by Gasteiger charge is 2.23. The van der Waals surface area contributed by atoms with Crippen LogP contribution in [0.3, 0.4) is 0 Å². The number of nitrogens with two attached hydrogens (primary N) is 3. The molecule has 0 radical (unpaired) electrons. The summed E-state index contributed by atoms with van der Waals surface area (Å²) in [7, 11) is 0. The van der Waals surface area contributed by atoms with E-state index in [0.29, 0.717) is 12.1 Å². The van der Waals surface area contributed by atoms with Crippen LogP contribution in [0.25, 0.3) is 0 Å². The second-order valence-electron chi connectivity index (χ2n) is 6.74. The van der Waals surface area contributed by atoms with E-state index in [1.807, 2.05) is 0 Å². The maximum absolute atomic E-state index is 12.1. The zero-order valence-electron chi connectivity index (χ0n) is 17.1. The molecule has 14 heteroatoms. The van der Waals surface area contributed by atoms with Gasteiger partial charge in [0.05, 0.1) is 18.9 Å². The number of aliphatic carboxylic acids is 1. The zero-order valence-corrected chi connectivity index (χ0v) is 17.1. The third-order valence-electron chi connectivity index (χ3n) is 4.09. The third kappa shape index (κ3) is 10.1. The van der Waals surface area contributed by atoms with E-state index in [4.69, 9.17) is 17.2 Å². The summed E-state index contributed by atoms with van der Waals surface area (Å²) in [6.07, 6.45) is 3.64. The van der Waals surface area contributed by atoms with Gasteiger partial charge in [-0.1, -0.05) is 0 Å². The molecule has 31 heavy (non-hydrogen) atoms. The third-order valence-corrected chi connectivity index (χ3v) is 4.09. The fourth-order valence-corrected chi connectivity index (χ4v) is 2.44. The van der Waals surface area contributed by atoms with Crippen LogP contribution < -0.4 is 33.2 Å². The Hall–Kier alpha value is -3.68. The number of hydrogen-bond donors (Lipinski definition) is 8. The van der Waals surface area contributed by atoms with Gasteiger partial charge in [0.1, 0.15) is 12.1 Å². The molecule has 14 nitrogen and oxygen atoms in total. The van der Waals surface area contributed by atoms with E-state index >= 15 is 0 Å². The Morgan fingerprint density at radius 3 is 2.52 bits per heavy atom. The first-order valence-electron chi connectivity index (χ1n) is 9.48. The van der Waals surface area contributed by atoms with Crippen molar-refractivity contribution < 1.29 is 24.3 Å². The normalized spacial score (nSPS) is 13.4. The Balaban J connectivity index is 2.39. The Bertz CT molecular complexity index is 777. The van der Waals surface area contributed by atoms with Crippen LogP contribution in [0.15, 0.2) is 17.5 Å². The highest BCUT2D eigenvalue weighted by atomic mass is 16.4. The maximum Gasteiger partial charge on any atom is 0.326 e. The first-order valence-corrected chi connectivity index (χ1v) is 9.48. The first kappa shape index (κ1) is 25.4. The minimum Gasteiger partial charge on any atom is -0.480 e. The Labute approximate surface area is 178 Å². The van der Waals surface area contributed by atoms with Crippen molar-refractivity contribution in [2.24, 2.45) is 22.2 Å². The van der Waals surface area contributed by atoms with Gasteiger partial charge in [-0.3, -0.25) is 19.4 Å². The number of carbonyl (C=O) groups excluding carboxylic acids is 3. The molecule has 0 aliphatic rings. The number of carboxylic acids is 1. The molecule has 0 aliphatic carbocycles. The van der Waals surface area contributed by atoms with E-state index in [1.165, 1.54) is 19.4 Å². The van der Waals surface area contributed by atoms with E-state index in [9.17, 15) is 24.3 Å².